The quantitative estimate of drug-likeness (QED) is 0.437. The van der Waals surface area contributed by atoms with Crippen LogP contribution in [0, 0.1) is 5.92 Å². The predicted molar refractivity (Wildman–Crippen MR) is 28.5 cm³/mol. The van der Waals surface area contributed by atoms with Crippen molar-refractivity contribution in [3.63, 3.8) is 0 Å². The van der Waals surface area contributed by atoms with Crippen LogP contribution in [0.25, 0.3) is 0 Å². The second-order valence-corrected chi connectivity index (χ2v) is 1.91. The number of hydrogen-bond donors (Lipinski definition) is 0. The number of hydrogen-bond acceptors (Lipinski definition) is 2. The van der Waals surface area contributed by atoms with E-state index in [0.29, 0.717) is 5.92 Å². The molecule has 0 bridgehead atoms. The summed E-state index contributed by atoms with van der Waals surface area (Å²) in [6.45, 7) is 3.89. The SMILES string of the molecule is CC1CN=COC1. The Morgan fingerprint density at radius 2 is 2.71 bits per heavy atom. The van der Waals surface area contributed by atoms with Crippen LogP contribution < -0.4 is 0 Å². The van der Waals surface area contributed by atoms with Crippen LogP contribution in [0.3, 0.4) is 0 Å². The van der Waals surface area contributed by atoms with Crippen LogP contribution in [-0.4, -0.2) is 19.6 Å². The fourth-order valence-electron chi connectivity index (χ4n) is 0.536. The maximum Gasteiger partial charge on any atom is 0.169 e. The van der Waals surface area contributed by atoms with Gasteiger partial charge >= 0.3 is 0 Å². The average Bonchev–Trinajstić information content (AvgIpc) is 1.69. The molecule has 0 radical (unpaired) electrons. The molecule has 0 spiro atoms. The summed E-state index contributed by atoms with van der Waals surface area (Å²) < 4.78 is 4.89. The van der Waals surface area contributed by atoms with E-state index in [4.69, 9.17) is 4.74 Å². The Labute approximate surface area is 43.2 Å². The molecular formula is C5H9NO. The molecule has 1 atom stereocenters. The van der Waals surface area contributed by atoms with E-state index in [0.717, 1.165) is 13.2 Å². The summed E-state index contributed by atoms with van der Waals surface area (Å²) in [5, 5.41) is 0. The van der Waals surface area contributed by atoms with Gasteiger partial charge < -0.3 is 4.74 Å². The summed E-state index contributed by atoms with van der Waals surface area (Å²) >= 11 is 0. The topological polar surface area (TPSA) is 21.6 Å². The molecule has 0 aliphatic carbocycles. The Kier molecular flexibility index (Phi) is 1.29. The molecule has 0 amide bonds. The van der Waals surface area contributed by atoms with Crippen molar-refractivity contribution >= 4 is 6.40 Å². The molecule has 0 fully saturated rings. The predicted octanol–water partition coefficient (Wildman–Crippen LogP) is 0.681. The van der Waals surface area contributed by atoms with Gasteiger partial charge in [0.1, 0.15) is 0 Å². The minimum atomic E-state index is 0.616. The van der Waals surface area contributed by atoms with Crippen molar-refractivity contribution in [2.45, 2.75) is 6.92 Å². The molecule has 0 saturated heterocycles. The summed E-state index contributed by atoms with van der Waals surface area (Å²) in [6, 6.07) is 0. The normalized spacial score (nSPS) is 29.6. The van der Waals surface area contributed by atoms with Gasteiger partial charge in [-0.25, -0.2) is 0 Å². The van der Waals surface area contributed by atoms with Crippen molar-refractivity contribution in [2.75, 3.05) is 13.2 Å². The van der Waals surface area contributed by atoms with Crippen LogP contribution in [-0.2, 0) is 4.74 Å². The molecule has 1 rings (SSSR count). The Morgan fingerprint density at radius 3 is 3.00 bits per heavy atom. The van der Waals surface area contributed by atoms with Gasteiger partial charge in [-0.3, -0.25) is 4.99 Å². The highest BCUT2D eigenvalue weighted by Crippen LogP contribution is 1.98. The summed E-state index contributed by atoms with van der Waals surface area (Å²) in [5.41, 5.74) is 0. The van der Waals surface area contributed by atoms with Crippen molar-refractivity contribution in [1.29, 1.82) is 0 Å². The highest BCUT2D eigenvalue weighted by Gasteiger charge is 2.02. The van der Waals surface area contributed by atoms with Crippen LogP contribution in [0.15, 0.2) is 4.99 Å². The molecule has 0 aromatic carbocycles. The zero-order valence-electron chi connectivity index (χ0n) is 4.42. The van der Waals surface area contributed by atoms with Gasteiger partial charge in [0, 0.05) is 12.5 Å². The lowest BCUT2D eigenvalue weighted by molar-refractivity contribution is 0.244. The van der Waals surface area contributed by atoms with Crippen molar-refractivity contribution in [3.8, 4) is 0 Å². The van der Waals surface area contributed by atoms with Crippen LogP contribution >= 0.6 is 0 Å². The van der Waals surface area contributed by atoms with Gasteiger partial charge in [0.2, 0.25) is 0 Å². The molecule has 1 heterocycles. The van der Waals surface area contributed by atoms with Gasteiger partial charge in [-0.15, -0.1) is 0 Å². The number of nitrogens with zero attached hydrogens (tertiary/aromatic N) is 1. The molecule has 1 aliphatic rings. The lowest BCUT2D eigenvalue weighted by Crippen LogP contribution is -2.13. The van der Waals surface area contributed by atoms with Gasteiger partial charge in [0.05, 0.1) is 6.61 Å². The van der Waals surface area contributed by atoms with Gasteiger partial charge in [0.15, 0.2) is 6.40 Å². The molecule has 0 N–H and O–H groups in total. The zero-order chi connectivity index (χ0) is 5.11. The maximum atomic E-state index is 4.89. The van der Waals surface area contributed by atoms with E-state index < -0.39 is 0 Å². The smallest absolute Gasteiger partial charge is 0.169 e. The van der Waals surface area contributed by atoms with Gasteiger partial charge in [-0.1, -0.05) is 6.92 Å². The first-order valence-electron chi connectivity index (χ1n) is 2.49. The first kappa shape index (κ1) is 4.62. The first-order valence-corrected chi connectivity index (χ1v) is 2.49. The molecule has 0 aromatic heterocycles. The molecule has 40 valence electrons. The third-order valence-corrected chi connectivity index (χ3v) is 0.947. The van der Waals surface area contributed by atoms with E-state index >= 15 is 0 Å². The van der Waals surface area contributed by atoms with Crippen molar-refractivity contribution in [3.05, 3.63) is 0 Å². The molecule has 2 heteroatoms. The van der Waals surface area contributed by atoms with Crippen LogP contribution in [0.4, 0.5) is 0 Å². The summed E-state index contributed by atoms with van der Waals surface area (Å²) in [4.78, 5) is 3.91. The largest absolute Gasteiger partial charge is 0.483 e. The average molecular weight is 99.1 g/mol. The monoisotopic (exact) mass is 99.1 g/mol. The molecule has 1 unspecified atom stereocenters. The van der Waals surface area contributed by atoms with Crippen LogP contribution in [0.2, 0.25) is 0 Å². The van der Waals surface area contributed by atoms with E-state index in [1.807, 2.05) is 0 Å². The highest BCUT2D eigenvalue weighted by molar-refractivity contribution is 5.46. The van der Waals surface area contributed by atoms with Crippen molar-refractivity contribution in [1.82, 2.24) is 0 Å². The van der Waals surface area contributed by atoms with Gasteiger partial charge in [-0.2, -0.15) is 0 Å². The van der Waals surface area contributed by atoms with E-state index in [9.17, 15) is 0 Å². The third kappa shape index (κ3) is 1.18. The van der Waals surface area contributed by atoms with E-state index in [1.165, 1.54) is 6.40 Å². The Morgan fingerprint density at radius 1 is 1.86 bits per heavy atom. The zero-order valence-corrected chi connectivity index (χ0v) is 4.42. The minimum Gasteiger partial charge on any atom is -0.483 e. The third-order valence-electron chi connectivity index (χ3n) is 0.947. The van der Waals surface area contributed by atoms with E-state index in [1.54, 1.807) is 0 Å². The van der Waals surface area contributed by atoms with Gasteiger partial charge in [0.25, 0.3) is 0 Å². The van der Waals surface area contributed by atoms with Gasteiger partial charge in [-0.05, 0) is 0 Å². The highest BCUT2D eigenvalue weighted by atomic mass is 16.5. The number of ether oxygens (including phenoxy) is 1. The lowest BCUT2D eigenvalue weighted by atomic mass is 10.2. The Balaban J connectivity index is 2.32. The molecule has 7 heavy (non-hydrogen) atoms. The van der Waals surface area contributed by atoms with E-state index in [-0.39, 0.29) is 0 Å². The fourth-order valence-corrected chi connectivity index (χ4v) is 0.536. The fraction of sp³-hybridized carbons (Fsp3) is 0.800. The summed E-state index contributed by atoms with van der Waals surface area (Å²) in [6.07, 6.45) is 1.53. The first-order chi connectivity index (χ1) is 3.39. The Hall–Kier alpha value is -0.530. The molecule has 0 aromatic rings. The molecule has 2 nitrogen and oxygen atoms in total. The maximum absolute atomic E-state index is 4.89. The second kappa shape index (κ2) is 1.96. The summed E-state index contributed by atoms with van der Waals surface area (Å²) in [7, 11) is 0. The Bertz CT molecular complexity index is 80.1. The van der Waals surface area contributed by atoms with E-state index in [2.05, 4.69) is 11.9 Å². The minimum absolute atomic E-state index is 0.616. The number of rotatable bonds is 0. The van der Waals surface area contributed by atoms with Crippen LogP contribution in [0.5, 0.6) is 0 Å². The molecular weight excluding hydrogens is 90.1 g/mol. The molecule has 0 saturated carbocycles. The van der Waals surface area contributed by atoms with Crippen molar-refractivity contribution in [2.24, 2.45) is 10.9 Å². The lowest BCUT2D eigenvalue weighted by Gasteiger charge is -2.10. The standard InChI is InChI=1S/C5H9NO/c1-5-2-6-4-7-3-5/h4-5H,2-3H2,1H3. The second-order valence-electron chi connectivity index (χ2n) is 1.91. The molecule has 1 aliphatic heterocycles. The van der Waals surface area contributed by atoms with Crippen LogP contribution in [0.1, 0.15) is 6.92 Å². The number of aliphatic imine (C=N–C) groups is 1. The van der Waals surface area contributed by atoms with Crippen molar-refractivity contribution < 1.29 is 4.74 Å². The summed E-state index contributed by atoms with van der Waals surface area (Å²) in [5.74, 6) is 0.616.